The van der Waals surface area contributed by atoms with Crippen LogP contribution in [-0.4, -0.2) is 35.9 Å². The van der Waals surface area contributed by atoms with Crippen LogP contribution in [0.4, 0.5) is 0 Å². The molecule has 2 N–H and O–H groups in total. The molecule has 0 saturated carbocycles. The fraction of sp³-hybridized carbons (Fsp3) is 0.200. The van der Waals surface area contributed by atoms with Crippen LogP contribution >= 0.6 is 0 Å². The number of benzene rings is 1. The molecule has 0 fully saturated rings. The SMILES string of the molecule is COc1ccc(C(=O)O)cc1OC(=O)CO. The van der Waals surface area contributed by atoms with Crippen molar-refractivity contribution in [3.63, 3.8) is 0 Å². The van der Waals surface area contributed by atoms with E-state index in [2.05, 4.69) is 0 Å². The van der Waals surface area contributed by atoms with Crippen LogP contribution in [0.5, 0.6) is 11.5 Å². The normalized spacial score (nSPS) is 9.62. The molecule has 0 atom stereocenters. The van der Waals surface area contributed by atoms with E-state index in [1.54, 1.807) is 0 Å². The van der Waals surface area contributed by atoms with Gasteiger partial charge < -0.3 is 19.7 Å². The maximum Gasteiger partial charge on any atom is 0.337 e. The average Bonchev–Trinajstić information content (AvgIpc) is 2.28. The minimum absolute atomic E-state index is 0.0402. The monoisotopic (exact) mass is 226 g/mol. The highest BCUT2D eigenvalue weighted by Crippen LogP contribution is 2.28. The summed E-state index contributed by atoms with van der Waals surface area (Å²) in [7, 11) is 1.35. The summed E-state index contributed by atoms with van der Waals surface area (Å²) in [4.78, 5) is 21.5. The Balaban J connectivity index is 3.06. The molecule has 86 valence electrons. The summed E-state index contributed by atoms with van der Waals surface area (Å²) in [5, 5.41) is 17.2. The second-order valence-electron chi connectivity index (χ2n) is 2.80. The van der Waals surface area contributed by atoms with E-state index in [-0.39, 0.29) is 17.1 Å². The van der Waals surface area contributed by atoms with E-state index in [0.29, 0.717) is 0 Å². The third-order valence-corrected chi connectivity index (χ3v) is 1.76. The second kappa shape index (κ2) is 5.13. The molecule has 1 aromatic rings. The van der Waals surface area contributed by atoms with Gasteiger partial charge in [-0.1, -0.05) is 0 Å². The van der Waals surface area contributed by atoms with Crippen LogP contribution in [0, 0.1) is 0 Å². The van der Waals surface area contributed by atoms with Crippen LogP contribution in [0.2, 0.25) is 0 Å². The second-order valence-corrected chi connectivity index (χ2v) is 2.80. The number of carboxylic acids is 1. The minimum atomic E-state index is -1.15. The standard InChI is InChI=1S/C10H10O6/c1-15-7-3-2-6(10(13)14)4-8(7)16-9(12)5-11/h2-4,11H,5H2,1H3,(H,13,14). The Bertz CT molecular complexity index is 412. The number of aromatic carboxylic acids is 1. The molecule has 0 saturated heterocycles. The van der Waals surface area contributed by atoms with E-state index in [1.165, 1.54) is 19.2 Å². The highest BCUT2D eigenvalue weighted by molar-refractivity contribution is 5.89. The first-order valence-corrected chi connectivity index (χ1v) is 4.31. The van der Waals surface area contributed by atoms with E-state index >= 15 is 0 Å². The van der Waals surface area contributed by atoms with Gasteiger partial charge in [0, 0.05) is 0 Å². The number of carboxylic acid groups (broad SMARTS) is 1. The number of hydrogen-bond acceptors (Lipinski definition) is 5. The third kappa shape index (κ3) is 2.71. The maximum absolute atomic E-state index is 10.9. The van der Waals surface area contributed by atoms with Crippen molar-refractivity contribution in [1.29, 1.82) is 0 Å². The van der Waals surface area contributed by atoms with Crippen LogP contribution in [0.15, 0.2) is 18.2 Å². The first-order chi connectivity index (χ1) is 7.58. The highest BCUT2D eigenvalue weighted by Gasteiger charge is 2.12. The molecule has 0 spiro atoms. The Hall–Kier alpha value is -2.08. The topological polar surface area (TPSA) is 93.1 Å². The number of carbonyl (C=O) groups is 2. The van der Waals surface area contributed by atoms with Crippen molar-refractivity contribution in [2.24, 2.45) is 0 Å². The molecule has 6 nitrogen and oxygen atoms in total. The van der Waals surface area contributed by atoms with Gasteiger partial charge in [-0.05, 0) is 18.2 Å². The molecule has 6 heteroatoms. The van der Waals surface area contributed by atoms with E-state index < -0.39 is 18.5 Å². The zero-order chi connectivity index (χ0) is 12.1. The molecule has 0 heterocycles. The van der Waals surface area contributed by atoms with Crippen molar-refractivity contribution in [3.8, 4) is 11.5 Å². The molecule has 0 unspecified atom stereocenters. The minimum Gasteiger partial charge on any atom is -0.493 e. The van der Waals surface area contributed by atoms with Gasteiger partial charge >= 0.3 is 11.9 Å². The fourth-order valence-corrected chi connectivity index (χ4v) is 1.04. The number of esters is 1. The zero-order valence-electron chi connectivity index (χ0n) is 8.47. The Labute approximate surface area is 91.0 Å². The number of carbonyl (C=O) groups excluding carboxylic acids is 1. The first-order valence-electron chi connectivity index (χ1n) is 4.31. The number of methoxy groups -OCH3 is 1. The Morgan fingerprint density at radius 1 is 1.31 bits per heavy atom. The molecular formula is C10H10O6. The molecule has 0 aliphatic heterocycles. The smallest absolute Gasteiger partial charge is 0.337 e. The van der Waals surface area contributed by atoms with Crippen LogP contribution in [-0.2, 0) is 4.79 Å². The fourth-order valence-electron chi connectivity index (χ4n) is 1.04. The van der Waals surface area contributed by atoms with Gasteiger partial charge in [-0.25, -0.2) is 9.59 Å². The molecule has 0 aliphatic carbocycles. The molecular weight excluding hydrogens is 216 g/mol. The Kier molecular flexibility index (Phi) is 3.84. The van der Waals surface area contributed by atoms with Gasteiger partial charge in [0.05, 0.1) is 12.7 Å². The van der Waals surface area contributed by atoms with Gasteiger partial charge in [0.2, 0.25) is 0 Å². The zero-order valence-corrected chi connectivity index (χ0v) is 8.47. The summed E-state index contributed by atoms with van der Waals surface area (Å²) in [5.74, 6) is -1.86. The maximum atomic E-state index is 10.9. The van der Waals surface area contributed by atoms with Gasteiger partial charge in [0.25, 0.3) is 0 Å². The van der Waals surface area contributed by atoms with Crippen molar-refractivity contribution < 1.29 is 29.3 Å². The van der Waals surface area contributed by atoms with Crippen molar-refractivity contribution in [2.45, 2.75) is 0 Å². The van der Waals surface area contributed by atoms with Crippen LogP contribution in [0.1, 0.15) is 10.4 Å². The highest BCUT2D eigenvalue weighted by atomic mass is 16.6. The van der Waals surface area contributed by atoms with Gasteiger partial charge in [0.15, 0.2) is 11.5 Å². The third-order valence-electron chi connectivity index (χ3n) is 1.76. The number of ether oxygens (including phenoxy) is 2. The van der Waals surface area contributed by atoms with Crippen molar-refractivity contribution >= 4 is 11.9 Å². The van der Waals surface area contributed by atoms with Crippen LogP contribution < -0.4 is 9.47 Å². The van der Waals surface area contributed by atoms with Gasteiger partial charge in [-0.3, -0.25) is 0 Å². The van der Waals surface area contributed by atoms with Crippen LogP contribution in [0.3, 0.4) is 0 Å². The van der Waals surface area contributed by atoms with E-state index in [4.69, 9.17) is 19.7 Å². The van der Waals surface area contributed by atoms with Gasteiger partial charge in [0.1, 0.15) is 6.61 Å². The Morgan fingerprint density at radius 3 is 2.50 bits per heavy atom. The van der Waals surface area contributed by atoms with Gasteiger partial charge in [-0.15, -0.1) is 0 Å². The molecule has 0 aliphatic rings. The lowest BCUT2D eigenvalue weighted by Crippen LogP contribution is -2.13. The molecule has 1 rings (SSSR count). The predicted molar refractivity (Wildman–Crippen MR) is 52.7 cm³/mol. The van der Waals surface area contributed by atoms with E-state index in [0.717, 1.165) is 6.07 Å². The summed E-state index contributed by atoms with van der Waals surface area (Å²) in [6.45, 7) is -0.791. The van der Waals surface area contributed by atoms with Crippen molar-refractivity contribution in [2.75, 3.05) is 13.7 Å². The molecule has 0 radical (unpaired) electrons. The first kappa shape index (κ1) is 12.0. The lowest BCUT2D eigenvalue weighted by molar-refractivity contribution is -0.137. The molecule has 0 bridgehead atoms. The van der Waals surface area contributed by atoms with Gasteiger partial charge in [-0.2, -0.15) is 0 Å². The summed E-state index contributed by atoms with van der Waals surface area (Å²) in [5.41, 5.74) is -0.0402. The average molecular weight is 226 g/mol. The summed E-state index contributed by atoms with van der Waals surface area (Å²) in [6.07, 6.45) is 0. The molecule has 16 heavy (non-hydrogen) atoms. The van der Waals surface area contributed by atoms with E-state index in [9.17, 15) is 9.59 Å². The lowest BCUT2D eigenvalue weighted by atomic mass is 10.2. The predicted octanol–water partition coefficient (Wildman–Crippen LogP) is 0.291. The van der Waals surface area contributed by atoms with Crippen LogP contribution in [0.25, 0.3) is 0 Å². The largest absolute Gasteiger partial charge is 0.493 e. The quantitative estimate of drug-likeness (QED) is 0.566. The van der Waals surface area contributed by atoms with Crippen molar-refractivity contribution in [1.82, 2.24) is 0 Å². The number of rotatable bonds is 4. The number of hydrogen-bond donors (Lipinski definition) is 2. The van der Waals surface area contributed by atoms with Crippen molar-refractivity contribution in [3.05, 3.63) is 23.8 Å². The molecule has 0 aromatic heterocycles. The molecule has 0 amide bonds. The number of aliphatic hydroxyl groups is 1. The van der Waals surface area contributed by atoms with E-state index in [1.807, 2.05) is 0 Å². The summed E-state index contributed by atoms with van der Waals surface area (Å²) < 4.78 is 9.57. The summed E-state index contributed by atoms with van der Waals surface area (Å²) >= 11 is 0. The Morgan fingerprint density at radius 2 is 2.00 bits per heavy atom. The molecule has 1 aromatic carbocycles. The number of aliphatic hydroxyl groups excluding tert-OH is 1. The summed E-state index contributed by atoms with van der Waals surface area (Å²) in [6, 6.07) is 3.83. The lowest BCUT2D eigenvalue weighted by Gasteiger charge is -2.08.